The van der Waals surface area contributed by atoms with E-state index in [9.17, 15) is 4.79 Å². The van der Waals surface area contributed by atoms with Gasteiger partial charge in [0.05, 0.1) is 24.1 Å². The topological polar surface area (TPSA) is 88.5 Å². The molecule has 0 aliphatic heterocycles. The second kappa shape index (κ2) is 4.81. The third-order valence-corrected chi connectivity index (χ3v) is 4.15. The predicted octanol–water partition coefficient (Wildman–Crippen LogP) is 2.32. The van der Waals surface area contributed by atoms with E-state index < -0.39 is 0 Å². The molecule has 0 bridgehead atoms. The third-order valence-electron chi connectivity index (χ3n) is 3.26. The molecule has 2 N–H and O–H groups in total. The smallest absolute Gasteiger partial charge is 0.275 e. The molecule has 0 radical (unpaired) electrons. The SMILES string of the molecule is O=C(Nc1cnn(C2CC2)c1)c1csc(-c2cn[nH]c2)n1. The zero-order valence-electron chi connectivity index (χ0n) is 11.0. The number of H-pyrrole nitrogens is 1. The summed E-state index contributed by atoms with van der Waals surface area (Å²) < 4.78 is 1.90. The number of thiazole rings is 1. The largest absolute Gasteiger partial charge is 0.318 e. The first-order chi connectivity index (χ1) is 10.3. The summed E-state index contributed by atoms with van der Waals surface area (Å²) in [6.07, 6.45) is 9.28. The summed E-state index contributed by atoms with van der Waals surface area (Å²) in [4.78, 5) is 16.5. The van der Waals surface area contributed by atoms with E-state index in [1.807, 2.05) is 10.9 Å². The van der Waals surface area contributed by atoms with Crippen molar-refractivity contribution in [2.75, 3.05) is 5.32 Å². The molecule has 3 heterocycles. The highest BCUT2D eigenvalue weighted by Gasteiger charge is 2.24. The van der Waals surface area contributed by atoms with E-state index in [2.05, 4.69) is 25.6 Å². The van der Waals surface area contributed by atoms with Gasteiger partial charge in [-0.05, 0) is 12.8 Å². The molecule has 1 fully saturated rings. The molecule has 0 spiro atoms. The van der Waals surface area contributed by atoms with Gasteiger partial charge in [-0.15, -0.1) is 11.3 Å². The number of rotatable bonds is 4. The zero-order chi connectivity index (χ0) is 14.2. The van der Waals surface area contributed by atoms with Crippen LogP contribution < -0.4 is 5.32 Å². The van der Waals surface area contributed by atoms with E-state index in [1.54, 1.807) is 24.0 Å². The lowest BCUT2D eigenvalue weighted by molar-refractivity contribution is 0.102. The molecule has 0 unspecified atom stereocenters. The third kappa shape index (κ3) is 2.45. The number of carbonyl (C=O) groups is 1. The zero-order valence-corrected chi connectivity index (χ0v) is 11.8. The average Bonchev–Trinajstić information content (AvgIpc) is 2.94. The number of aromatic nitrogens is 5. The Kier molecular flexibility index (Phi) is 2.81. The maximum Gasteiger partial charge on any atom is 0.275 e. The highest BCUT2D eigenvalue weighted by Crippen LogP contribution is 2.34. The highest BCUT2D eigenvalue weighted by atomic mass is 32.1. The molecule has 3 aromatic heterocycles. The molecule has 3 aromatic rings. The van der Waals surface area contributed by atoms with E-state index in [1.165, 1.54) is 11.3 Å². The summed E-state index contributed by atoms with van der Waals surface area (Å²) in [7, 11) is 0. The summed E-state index contributed by atoms with van der Waals surface area (Å²) in [5.74, 6) is -0.226. The molecule has 4 rings (SSSR count). The van der Waals surface area contributed by atoms with Crippen molar-refractivity contribution in [2.45, 2.75) is 18.9 Å². The van der Waals surface area contributed by atoms with Crippen LogP contribution in [0, 0.1) is 0 Å². The molecule has 1 amide bonds. The summed E-state index contributed by atoms with van der Waals surface area (Å²) in [5, 5.41) is 16.2. The van der Waals surface area contributed by atoms with Gasteiger partial charge >= 0.3 is 0 Å². The summed E-state index contributed by atoms with van der Waals surface area (Å²) in [6, 6.07) is 0.502. The predicted molar refractivity (Wildman–Crippen MR) is 78.1 cm³/mol. The van der Waals surface area contributed by atoms with Gasteiger partial charge in [-0.2, -0.15) is 10.2 Å². The van der Waals surface area contributed by atoms with Crippen LogP contribution in [0.25, 0.3) is 10.6 Å². The molecule has 1 aliphatic carbocycles. The van der Waals surface area contributed by atoms with Crippen molar-refractivity contribution in [3.8, 4) is 10.6 Å². The molecule has 7 nitrogen and oxygen atoms in total. The summed E-state index contributed by atoms with van der Waals surface area (Å²) >= 11 is 1.41. The van der Waals surface area contributed by atoms with Crippen LogP contribution in [-0.4, -0.2) is 30.9 Å². The van der Waals surface area contributed by atoms with E-state index in [4.69, 9.17) is 0 Å². The van der Waals surface area contributed by atoms with Gasteiger partial charge < -0.3 is 5.32 Å². The fourth-order valence-corrected chi connectivity index (χ4v) is 2.80. The molecular weight excluding hydrogens is 288 g/mol. The van der Waals surface area contributed by atoms with E-state index >= 15 is 0 Å². The minimum absolute atomic E-state index is 0.226. The van der Waals surface area contributed by atoms with Crippen molar-refractivity contribution >= 4 is 22.9 Å². The number of anilines is 1. The number of amides is 1. The highest BCUT2D eigenvalue weighted by molar-refractivity contribution is 7.13. The van der Waals surface area contributed by atoms with Crippen molar-refractivity contribution in [2.24, 2.45) is 0 Å². The first-order valence-electron chi connectivity index (χ1n) is 6.60. The van der Waals surface area contributed by atoms with Crippen LogP contribution in [0.3, 0.4) is 0 Å². The van der Waals surface area contributed by atoms with Gasteiger partial charge in [-0.1, -0.05) is 0 Å². The molecule has 0 aromatic carbocycles. The fraction of sp³-hybridized carbons (Fsp3) is 0.231. The van der Waals surface area contributed by atoms with Crippen molar-refractivity contribution in [1.29, 1.82) is 0 Å². The number of hydrogen-bond acceptors (Lipinski definition) is 5. The Morgan fingerprint density at radius 3 is 3.10 bits per heavy atom. The van der Waals surface area contributed by atoms with Crippen LogP contribution in [-0.2, 0) is 0 Å². The van der Waals surface area contributed by atoms with Gasteiger partial charge in [0, 0.05) is 23.3 Å². The number of hydrogen-bond donors (Lipinski definition) is 2. The molecule has 8 heteroatoms. The van der Waals surface area contributed by atoms with Crippen molar-refractivity contribution in [3.63, 3.8) is 0 Å². The molecular formula is C13H12N6OS. The van der Waals surface area contributed by atoms with Crippen LogP contribution in [0.4, 0.5) is 5.69 Å². The van der Waals surface area contributed by atoms with Crippen LogP contribution in [0.2, 0.25) is 0 Å². The van der Waals surface area contributed by atoms with Crippen LogP contribution >= 0.6 is 11.3 Å². The van der Waals surface area contributed by atoms with Crippen LogP contribution in [0.5, 0.6) is 0 Å². The maximum absolute atomic E-state index is 12.2. The number of aromatic amines is 1. The maximum atomic E-state index is 12.2. The Morgan fingerprint density at radius 2 is 2.33 bits per heavy atom. The number of nitrogens with zero attached hydrogens (tertiary/aromatic N) is 4. The second-order valence-electron chi connectivity index (χ2n) is 4.92. The Balaban J connectivity index is 1.49. The van der Waals surface area contributed by atoms with Crippen molar-refractivity contribution < 1.29 is 4.79 Å². The number of nitrogens with one attached hydrogen (secondary N) is 2. The van der Waals surface area contributed by atoms with Gasteiger partial charge in [0.1, 0.15) is 10.7 Å². The second-order valence-corrected chi connectivity index (χ2v) is 5.78. The number of carbonyl (C=O) groups excluding carboxylic acids is 1. The molecule has 1 aliphatic rings. The minimum Gasteiger partial charge on any atom is -0.318 e. The first kappa shape index (κ1) is 12.3. The Morgan fingerprint density at radius 1 is 1.43 bits per heavy atom. The molecule has 0 atom stereocenters. The van der Waals surface area contributed by atoms with Gasteiger partial charge in [-0.25, -0.2) is 4.98 Å². The molecule has 0 saturated heterocycles. The average molecular weight is 300 g/mol. The Bertz CT molecular complexity index is 770. The Labute approximate surface area is 124 Å². The minimum atomic E-state index is -0.226. The monoisotopic (exact) mass is 300 g/mol. The Hall–Kier alpha value is -2.48. The van der Waals surface area contributed by atoms with E-state index in [0.29, 0.717) is 17.4 Å². The van der Waals surface area contributed by atoms with Crippen LogP contribution in [0.15, 0.2) is 30.2 Å². The van der Waals surface area contributed by atoms with Crippen LogP contribution in [0.1, 0.15) is 29.4 Å². The molecule has 106 valence electrons. The van der Waals surface area contributed by atoms with Crippen molar-refractivity contribution in [3.05, 3.63) is 35.9 Å². The van der Waals surface area contributed by atoms with Gasteiger partial charge in [0.25, 0.3) is 5.91 Å². The fourth-order valence-electron chi connectivity index (χ4n) is 2.01. The first-order valence-corrected chi connectivity index (χ1v) is 7.48. The summed E-state index contributed by atoms with van der Waals surface area (Å²) in [6.45, 7) is 0. The lowest BCUT2D eigenvalue weighted by Gasteiger charge is -1.98. The standard InChI is InChI=1S/C13H12N6OS/c20-12(17-9-5-16-19(6-9)10-1-2-10)11-7-21-13(18-11)8-3-14-15-4-8/h3-7,10H,1-2H2,(H,14,15)(H,17,20). The lowest BCUT2D eigenvalue weighted by Crippen LogP contribution is -2.11. The van der Waals surface area contributed by atoms with E-state index in [0.717, 1.165) is 23.4 Å². The molecule has 1 saturated carbocycles. The van der Waals surface area contributed by atoms with Gasteiger partial charge in [0.2, 0.25) is 0 Å². The normalized spacial score (nSPS) is 14.3. The molecule has 21 heavy (non-hydrogen) atoms. The van der Waals surface area contributed by atoms with Crippen molar-refractivity contribution in [1.82, 2.24) is 25.0 Å². The lowest BCUT2D eigenvalue weighted by atomic mass is 10.4. The van der Waals surface area contributed by atoms with E-state index in [-0.39, 0.29) is 5.91 Å². The quantitative estimate of drug-likeness (QED) is 0.774. The van der Waals surface area contributed by atoms with Gasteiger partial charge in [-0.3, -0.25) is 14.6 Å². The summed E-state index contributed by atoms with van der Waals surface area (Å²) in [5.41, 5.74) is 1.97. The van der Waals surface area contributed by atoms with Gasteiger partial charge in [0.15, 0.2) is 0 Å².